The molecule has 0 aliphatic heterocycles. The van der Waals surface area contributed by atoms with Crippen LogP contribution in [0.2, 0.25) is 5.02 Å². The van der Waals surface area contributed by atoms with E-state index in [1.54, 1.807) is 14.0 Å². The van der Waals surface area contributed by atoms with E-state index in [0.29, 0.717) is 11.6 Å². The van der Waals surface area contributed by atoms with Gasteiger partial charge in [0.2, 0.25) is 0 Å². The maximum atomic E-state index is 9.48. The second kappa shape index (κ2) is 6.84. The van der Waals surface area contributed by atoms with Crippen LogP contribution in [0.15, 0.2) is 18.2 Å². The number of rotatable bonds is 6. The molecular weight excluding hydrogens is 238 g/mol. The first-order valence-electron chi connectivity index (χ1n) is 5.81. The molecule has 1 aromatic carbocycles. The topological polar surface area (TPSA) is 32.7 Å². The molecule has 0 saturated heterocycles. The first kappa shape index (κ1) is 14.3. The summed E-state index contributed by atoms with van der Waals surface area (Å²) in [5, 5.41) is 10.2. The molecule has 1 rings (SSSR count). The Bertz CT molecular complexity index is 355. The Morgan fingerprint density at radius 2 is 2.18 bits per heavy atom. The number of likely N-dealkylation sites (N-methyl/N-ethyl adjacent to an activating group) is 1. The van der Waals surface area contributed by atoms with E-state index in [1.165, 1.54) is 0 Å². The summed E-state index contributed by atoms with van der Waals surface area (Å²) in [6.45, 7) is 6.16. The predicted molar refractivity (Wildman–Crippen MR) is 71.8 cm³/mol. The summed E-state index contributed by atoms with van der Waals surface area (Å²) in [7, 11) is 1.69. The molecule has 1 atom stereocenters. The number of ether oxygens (including phenoxy) is 1. The average molecular weight is 258 g/mol. The van der Waals surface area contributed by atoms with Crippen molar-refractivity contribution in [3.05, 3.63) is 28.8 Å². The van der Waals surface area contributed by atoms with Crippen LogP contribution >= 0.6 is 11.6 Å². The van der Waals surface area contributed by atoms with Crippen molar-refractivity contribution in [2.75, 3.05) is 31.7 Å². The monoisotopic (exact) mass is 257 g/mol. The number of hydrogen-bond donors (Lipinski definition) is 1. The van der Waals surface area contributed by atoms with Crippen LogP contribution in [-0.2, 0) is 4.74 Å². The fourth-order valence-corrected chi connectivity index (χ4v) is 2.00. The predicted octanol–water partition coefficient (Wildman–Crippen LogP) is 2.87. The molecule has 0 heterocycles. The minimum absolute atomic E-state index is 0.490. The van der Waals surface area contributed by atoms with Crippen LogP contribution in [0.25, 0.3) is 0 Å². The zero-order valence-electron chi connectivity index (χ0n) is 10.6. The van der Waals surface area contributed by atoms with Crippen molar-refractivity contribution in [1.82, 2.24) is 0 Å². The fraction of sp³-hybridized carbons (Fsp3) is 0.538. The third-order valence-corrected chi connectivity index (χ3v) is 3.04. The van der Waals surface area contributed by atoms with Gasteiger partial charge >= 0.3 is 0 Å². The van der Waals surface area contributed by atoms with Gasteiger partial charge in [0, 0.05) is 20.2 Å². The zero-order chi connectivity index (χ0) is 12.8. The van der Waals surface area contributed by atoms with Crippen LogP contribution < -0.4 is 4.90 Å². The molecule has 1 N–H and O–H groups in total. The quantitative estimate of drug-likeness (QED) is 0.851. The van der Waals surface area contributed by atoms with E-state index in [0.717, 1.165) is 24.3 Å². The summed E-state index contributed by atoms with van der Waals surface area (Å²) in [4.78, 5) is 2.15. The normalized spacial score (nSPS) is 12.5. The van der Waals surface area contributed by atoms with Crippen LogP contribution in [0.3, 0.4) is 0 Å². The minimum Gasteiger partial charge on any atom is -0.389 e. The molecule has 1 aromatic rings. The highest BCUT2D eigenvalue weighted by molar-refractivity contribution is 6.33. The lowest BCUT2D eigenvalue weighted by Gasteiger charge is -2.24. The Kier molecular flexibility index (Phi) is 5.75. The van der Waals surface area contributed by atoms with Gasteiger partial charge in [0.1, 0.15) is 0 Å². The van der Waals surface area contributed by atoms with Crippen LogP contribution in [0.5, 0.6) is 0 Å². The lowest BCUT2D eigenvalue weighted by Crippen LogP contribution is -2.27. The molecule has 0 fully saturated rings. The third kappa shape index (κ3) is 3.87. The van der Waals surface area contributed by atoms with Gasteiger partial charge in [-0.2, -0.15) is 0 Å². The number of aliphatic hydroxyl groups excluding tert-OH is 1. The van der Waals surface area contributed by atoms with Gasteiger partial charge in [-0.05, 0) is 31.5 Å². The van der Waals surface area contributed by atoms with Crippen LogP contribution in [0, 0.1) is 0 Å². The average Bonchev–Trinajstić information content (AvgIpc) is 2.31. The van der Waals surface area contributed by atoms with Gasteiger partial charge in [-0.3, -0.25) is 0 Å². The Balaban J connectivity index is 2.88. The van der Waals surface area contributed by atoms with Crippen LogP contribution in [-0.4, -0.2) is 31.9 Å². The molecule has 96 valence electrons. The second-order valence-corrected chi connectivity index (χ2v) is 4.37. The largest absolute Gasteiger partial charge is 0.389 e. The number of halogens is 1. The van der Waals surface area contributed by atoms with Gasteiger partial charge in [0.25, 0.3) is 0 Å². The van der Waals surface area contributed by atoms with E-state index in [4.69, 9.17) is 16.3 Å². The summed E-state index contributed by atoms with van der Waals surface area (Å²) in [5.74, 6) is 0. The Labute approximate surface area is 108 Å². The molecule has 0 saturated carbocycles. The Morgan fingerprint density at radius 3 is 2.65 bits per heavy atom. The lowest BCUT2D eigenvalue weighted by molar-refractivity contribution is 0.199. The summed E-state index contributed by atoms with van der Waals surface area (Å²) < 4.78 is 5.07. The third-order valence-electron chi connectivity index (χ3n) is 2.74. The number of aliphatic hydroxyl groups is 1. The molecule has 0 bridgehead atoms. The molecule has 0 aliphatic carbocycles. The van der Waals surface area contributed by atoms with Gasteiger partial charge in [0.15, 0.2) is 0 Å². The molecule has 4 heteroatoms. The summed E-state index contributed by atoms with van der Waals surface area (Å²) in [6.07, 6.45) is -0.490. The van der Waals surface area contributed by atoms with Crippen LogP contribution in [0.4, 0.5) is 5.69 Å². The zero-order valence-corrected chi connectivity index (χ0v) is 11.4. The van der Waals surface area contributed by atoms with E-state index < -0.39 is 6.10 Å². The SMILES string of the molecule is CCN(CCOC)c1ccc([C@@H](C)O)cc1Cl. The minimum atomic E-state index is -0.490. The molecule has 3 nitrogen and oxygen atoms in total. The van der Waals surface area contributed by atoms with Crippen LogP contribution in [0.1, 0.15) is 25.5 Å². The molecule has 0 aromatic heterocycles. The van der Waals surface area contributed by atoms with Crippen molar-refractivity contribution < 1.29 is 9.84 Å². The fourth-order valence-electron chi connectivity index (χ4n) is 1.69. The molecule has 0 radical (unpaired) electrons. The highest BCUT2D eigenvalue weighted by atomic mass is 35.5. The van der Waals surface area contributed by atoms with E-state index in [1.807, 2.05) is 18.2 Å². The van der Waals surface area contributed by atoms with Gasteiger partial charge in [0.05, 0.1) is 23.4 Å². The van der Waals surface area contributed by atoms with Crippen molar-refractivity contribution in [2.45, 2.75) is 20.0 Å². The molecule has 0 spiro atoms. The summed E-state index contributed by atoms with van der Waals surface area (Å²) >= 11 is 6.23. The maximum Gasteiger partial charge on any atom is 0.0762 e. The molecular formula is C13H20ClNO2. The standard InChI is InChI=1S/C13H20ClNO2/c1-4-15(7-8-17-3)13-6-5-11(10(2)16)9-12(13)14/h5-6,9-10,16H,4,7-8H2,1-3H3/t10-/m1/s1. The number of nitrogens with zero attached hydrogens (tertiary/aromatic N) is 1. The second-order valence-electron chi connectivity index (χ2n) is 3.96. The van der Waals surface area contributed by atoms with Gasteiger partial charge in [-0.25, -0.2) is 0 Å². The summed E-state index contributed by atoms with van der Waals surface area (Å²) in [5.41, 5.74) is 1.82. The Morgan fingerprint density at radius 1 is 1.47 bits per heavy atom. The van der Waals surface area contributed by atoms with Gasteiger partial charge in [-0.1, -0.05) is 17.7 Å². The molecule has 0 amide bonds. The number of methoxy groups -OCH3 is 1. The van der Waals surface area contributed by atoms with Crippen molar-refractivity contribution >= 4 is 17.3 Å². The first-order chi connectivity index (χ1) is 8.10. The maximum absolute atomic E-state index is 9.48. The number of anilines is 1. The highest BCUT2D eigenvalue weighted by Gasteiger charge is 2.10. The number of benzene rings is 1. The highest BCUT2D eigenvalue weighted by Crippen LogP contribution is 2.28. The summed E-state index contributed by atoms with van der Waals surface area (Å²) in [6, 6.07) is 5.67. The van der Waals surface area contributed by atoms with Gasteiger partial charge in [-0.15, -0.1) is 0 Å². The van der Waals surface area contributed by atoms with E-state index in [9.17, 15) is 5.11 Å². The first-order valence-corrected chi connectivity index (χ1v) is 6.19. The lowest BCUT2D eigenvalue weighted by atomic mass is 10.1. The van der Waals surface area contributed by atoms with E-state index in [-0.39, 0.29) is 0 Å². The van der Waals surface area contributed by atoms with Crippen molar-refractivity contribution in [3.8, 4) is 0 Å². The molecule has 17 heavy (non-hydrogen) atoms. The van der Waals surface area contributed by atoms with E-state index in [2.05, 4.69) is 11.8 Å². The van der Waals surface area contributed by atoms with Crippen molar-refractivity contribution in [3.63, 3.8) is 0 Å². The molecule has 0 unspecified atom stereocenters. The number of hydrogen-bond acceptors (Lipinski definition) is 3. The van der Waals surface area contributed by atoms with Crippen molar-refractivity contribution in [1.29, 1.82) is 0 Å². The molecule has 0 aliphatic rings. The van der Waals surface area contributed by atoms with Crippen molar-refractivity contribution in [2.24, 2.45) is 0 Å². The Hall–Kier alpha value is -0.770. The smallest absolute Gasteiger partial charge is 0.0762 e. The van der Waals surface area contributed by atoms with E-state index >= 15 is 0 Å². The van der Waals surface area contributed by atoms with Gasteiger partial charge < -0.3 is 14.7 Å².